The van der Waals surface area contributed by atoms with E-state index >= 15 is 0 Å². The van der Waals surface area contributed by atoms with Gasteiger partial charge in [0.2, 0.25) is 0 Å². The first-order valence-corrected chi connectivity index (χ1v) is 11.0. The third-order valence-corrected chi connectivity index (χ3v) is 8.34. The van der Waals surface area contributed by atoms with Gasteiger partial charge in [-0.25, -0.2) is 17.8 Å². The second-order valence-electron chi connectivity index (χ2n) is 7.88. The van der Waals surface area contributed by atoms with Crippen LogP contribution >= 0.6 is 0 Å². The van der Waals surface area contributed by atoms with E-state index in [0.717, 1.165) is 6.07 Å². The van der Waals surface area contributed by atoms with Gasteiger partial charge in [0.15, 0.2) is 14.6 Å². The Labute approximate surface area is 178 Å². The molecule has 2 aromatic rings. The predicted octanol–water partition coefficient (Wildman–Crippen LogP) is 0.897. The van der Waals surface area contributed by atoms with Crippen molar-refractivity contribution < 1.29 is 17.6 Å². The minimum Gasteiger partial charge on any atom is -0.362 e. The lowest BCUT2D eigenvalue weighted by molar-refractivity contribution is 0.102. The highest BCUT2D eigenvalue weighted by Crippen LogP contribution is 2.38. The summed E-state index contributed by atoms with van der Waals surface area (Å²) < 4.78 is 39.3. The number of nitrogens with zero attached hydrogens (tertiary/aromatic N) is 2. The first kappa shape index (κ1) is 20.9. The molecule has 9 nitrogen and oxygen atoms in total. The molecule has 0 bridgehead atoms. The van der Waals surface area contributed by atoms with Crippen molar-refractivity contribution in [1.29, 1.82) is 10.7 Å². The first-order chi connectivity index (χ1) is 14.6. The highest BCUT2D eigenvalue weighted by molar-refractivity contribution is 7.93. The summed E-state index contributed by atoms with van der Waals surface area (Å²) in [6.07, 6.45) is 1.26. The molecule has 1 aromatic heterocycles. The minimum atomic E-state index is -3.73. The third kappa shape index (κ3) is 3.34. The summed E-state index contributed by atoms with van der Waals surface area (Å²) in [6.45, 7) is 1.81. The van der Waals surface area contributed by atoms with Gasteiger partial charge < -0.3 is 16.0 Å². The molecule has 2 saturated heterocycles. The Balaban J connectivity index is 1.62. The molecule has 0 aliphatic carbocycles. The van der Waals surface area contributed by atoms with E-state index in [-0.39, 0.29) is 35.9 Å². The molecule has 4 rings (SSSR count). The number of carbonyl (C=O) groups excluding carboxylic acids is 1. The van der Waals surface area contributed by atoms with Crippen LogP contribution in [0.15, 0.2) is 36.5 Å². The number of hydrogen-bond donors (Lipinski definition) is 4. The number of nitrogens with one attached hydrogen (secondary N) is 4. The Kier molecular flexibility index (Phi) is 4.79. The minimum absolute atomic E-state index is 0.0218. The number of amides is 1. The summed E-state index contributed by atoms with van der Waals surface area (Å²) in [5.74, 6) is -1.79. The lowest BCUT2D eigenvalue weighted by Crippen LogP contribution is -2.77. The average Bonchev–Trinajstić information content (AvgIpc) is 2.67. The van der Waals surface area contributed by atoms with E-state index in [2.05, 4.69) is 20.9 Å². The molecule has 0 saturated carbocycles. The van der Waals surface area contributed by atoms with E-state index in [1.165, 1.54) is 37.4 Å². The van der Waals surface area contributed by atoms with E-state index < -0.39 is 37.6 Å². The summed E-state index contributed by atoms with van der Waals surface area (Å²) >= 11 is 0. The normalized spacial score (nSPS) is 23.3. The largest absolute Gasteiger partial charge is 0.362 e. The van der Waals surface area contributed by atoms with Gasteiger partial charge >= 0.3 is 0 Å². The van der Waals surface area contributed by atoms with Crippen LogP contribution in [0.2, 0.25) is 0 Å². The van der Waals surface area contributed by atoms with Gasteiger partial charge in [-0.15, -0.1) is 0 Å². The Morgan fingerprint density at radius 1 is 1.32 bits per heavy atom. The van der Waals surface area contributed by atoms with Crippen LogP contribution in [0.4, 0.5) is 10.1 Å². The number of halogens is 1. The van der Waals surface area contributed by atoms with Crippen molar-refractivity contribution in [2.45, 2.75) is 17.2 Å². The van der Waals surface area contributed by atoms with Crippen LogP contribution in [0.1, 0.15) is 28.5 Å². The molecule has 2 aliphatic rings. The monoisotopic (exact) mass is 442 g/mol. The number of benzene rings is 1. The fourth-order valence-corrected chi connectivity index (χ4v) is 6.08. The van der Waals surface area contributed by atoms with Crippen molar-refractivity contribution in [3.05, 3.63) is 59.2 Å². The predicted molar refractivity (Wildman–Crippen MR) is 111 cm³/mol. The van der Waals surface area contributed by atoms with Crippen LogP contribution in [-0.2, 0) is 15.4 Å². The number of sulfone groups is 1. The van der Waals surface area contributed by atoms with Crippen molar-refractivity contribution in [2.75, 3.05) is 24.2 Å². The zero-order chi connectivity index (χ0) is 22.4. The van der Waals surface area contributed by atoms with E-state index in [0.29, 0.717) is 5.56 Å². The molecule has 0 radical (unpaired) electrons. The topological polar surface area (TPSA) is 148 Å². The number of hydrogen-bond acceptors (Lipinski definition) is 7. The molecule has 2 aliphatic heterocycles. The number of carbonyl (C=O) groups is 1. The summed E-state index contributed by atoms with van der Waals surface area (Å²) in [4.78, 5) is 16.4. The van der Waals surface area contributed by atoms with Crippen molar-refractivity contribution in [1.82, 2.24) is 15.6 Å². The maximum absolute atomic E-state index is 14.7. The van der Waals surface area contributed by atoms with E-state index in [1.807, 2.05) is 6.07 Å². The van der Waals surface area contributed by atoms with E-state index in [4.69, 9.17) is 10.7 Å². The first-order valence-electron chi connectivity index (χ1n) is 9.38. The van der Waals surface area contributed by atoms with Crippen molar-refractivity contribution >= 4 is 27.3 Å². The van der Waals surface area contributed by atoms with Gasteiger partial charge in [-0.2, -0.15) is 5.26 Å². The summed E-state index contributed by atoms with van der Waals surface area (Å²) in [5, 5.41) is 25.5. The summed E-state index contributed by atoms with van der Waals surface area (Å²) in [5.41, 5.74) is -0.747. The zero-order valence-electron chi connectivity index (χ0n) is 16.5. The Morgan fingerprint density at radius 2 is 2.06 bits per heavy atom. The number of anilines is 1. The fourth-order valence-electron chi connectivity index (χ4n) is 3.81. The Morgan fingerprint density at radius 3 is 2.61 bits per heavy atom. The molecule has 2 fully saturated rings. The lowest BCUT2D eigenvalue weighted by atomic mass is 9.89. The van der Waals surface area contributed by atoms with Crippen molar-refractivity contribution in [2.24, 2.45) is 0 Å². The third-order valence-electron chi connectivity index (χ3n) is 5.70. The van der Waals surface area contributed by atoms with Crippen molar-refractivity contribution in [3.8, 4) is 6.07 Å². The molecule has 11 heteroatoms. The molecule has 0 unspecified atom stereocenters. The SMILES string of the molecule is C[C@@]1(c2cc(NC(=O)c3ccc(C#N)cn3)ccc2F)CS(=O)(=O)C2(CNC2)C(=N)N1. The van der Waals surface area contributed by atoms with E-state index in [9.17, 15) is 17.6 Å². The van der Waals surface area contributed by atoms with Gasteiger partial charge in [0.1, 0.15) is 23.4 Å². The summed E-state index contributed by atoms with van der Waals surface area (Å²) in [7, 11) is -3.73. The Hall–Kier alpha value is -3.36. The molecular weight excluding hydrogens is 423 g/mol. The van der Waals surface area contributed by atoms with Crippen LogP contribution in [0.5, 0.6) is 0 Å². The number of nitriles is 1. The van der Waals surface area contributed by atoms with Crippen LogP contribution < -0.4 is 16.0 Å². The number of pyridine rings is 1. The molecule has 1 aromatic carbocycles. The van der Waals surface area contributed by atoms with E-state index in [1.54, 1.807) is 0 Å². The fraction of sp³-hybridized carbons (Fsp3) is 0.300. The Bertz CT molecular complexity index is 1230. The number of aromatic nitrogens is 1. The number of amidine groups is 1. The zero-order valence-corrected chi connectivity index (χ0v) is 17.3. The van der Waals surface area contributed by atoms with Gasteiger partial charge in [0.25, 0.3) is 5.91 Å². The molecule has 160 valence electrons. The highest BCUT2D eigenvalue weighted by atomic mass is 32.2. The molecule has 31 heavy (non-hydrogen) atoms. The second-order valence-corrected chi connectivity index (χ2v) is 10.2. The number of rotatable bonds is 3. The van der Waals surface area contributed by atoms with Gasteiger partial charge in [0.05, 0.1) is 16.9 Å². The molecule has 1 atom stereocenters. The molecular formula is C20H19FN6O3S. The molecule has 1 amide bonds. The maximum atomic E-state index is 14.7. The maximum Gasteiger partial charge on any atom is 0.274 e. The van der Waals surface area contributed by atoms with Crippen LogP contribution in [0.25, 0.3) is 0 Å². The highest BCUT2D eigenvalue weighted by Gasteiger charge is 2.59. The van der Waals surface area contributed by atoms with Gasteiger partial charge in [0, 0.05) is 30.5 Å². The van der Waals surface area contributed by atoms with Crippen molar-refractivity contribution in [3.63, 3.8) is 0 Å². The standard InChI is InChI=1S/C20H19FN6O3S/c1-19(11-31(29,30)20(9-24-10-20)18(23)27-19)14-6-13(3-4-15(14)21)26-17(28)16-5-2-12(7-22)8-25-16/h2-6,8,24H,9-11H2,1H3,(H2,23,27)(H,26,28)/t19-/m0/s1. The molecule has 4 N–H and O–H groups in total. The van der Waals surface area contributed by atoms with Gasteiger partial charge in [-0.3, -0.25) is 10.2 Å². The molecule has 3 heterocycles. The second kappa shape index (κ2) is 7.11. The average molecular weight is 442 g/mol. The van der Waals surface area contributed by atoms with Crippen LogP contribution in [-0.4, -0.2) is 48.7 Å². The van der Waals surface area contributed by atoms with Gasteiger partial charge in [-0.1, -0.05) is 0 Å². The molecule has 1 spiro atoms. The lowest BCUT2D eigenvalue weighted by Gasteiger charge is -2.50. The van der Waals surface area contributed by atoms with Crippen LogP contribution in [0.3, 0.4) is 0 Å². The smallest absolute Gasteiger partial charge is 0.274 e. The summed E-state index contributed by atoms with van der Waals surface area (Å²) in [6, 6.07) is 8.59. The van der Waals surface area contributed by atoms with Crippen LogP contribution in [0, 0.1) is 22.6 Å². The van der Waals surface area contributed by atoms with Gasteiger partial charge in [-0.05, 0) is 37.3 Å². The quantitative estimate of drug-likeness (QED) is 0.552.